The number of rotatable bonds is 4. The first-order chi connectivity index (χ1) is 9.33. The Labute approximate surface area is 115 Å². The predicted molar refractivity (Wildman–Crippen MR) is 73.0 cm³/mol. The molecular formula is C13H15N3O2S. The molecule has 0 radical (unpaired) electrons. The second kappa shape index (κ2) is 5.61. The summed E-state index contributed by atoms with van der Waals surface area (Å²) in [6.45, 7) is 1.83. The molecule has 0 aromatic carbocycles. The van der Waals surface area contributed by atoms with Crippen molar-refractivity contribution >= 4 is 28.8 Å². The largest absolute Gasteiger partial charge is 0.431 e. The zero-order chi connectivity index (χ0) is 13.1. The van der Waals surface area contributed by atoms with Gasteiger partial charge in [-0.1, -0.05) is 11.8 Å². The van der Waals surface area contributed by atoms with Gasteiger partial charge in [0.2, 0.25) is 5.91 Å². The minimum absolute atomic E-state index is 0.239. The van der Waals surface area contributed by atoms with Crippen LogP contribution < -0.4 is 0 Å². The van der Waals surface area contributed by atoms with E-state index >= 15 is 0 Å². The van der Waals surface area contributed by atoms with Crippen molar-refractivity contribution in [2.75, 3.05) is 18.8 Å². The van der Waals surface area contributed by atoms with E-state index in [1.54, 1.807) is 18.5 Å². The minimum atomic E-state index is 0.239. The number of fused-ring (bicyclic) bond motifs is 1. The van der Waals surface area contributed by atoms with Crippen LogP contribution in [0.5, 0.6) is 0 Å². The van der Waals surface area contributed by atoms with Crippen LogP contribution in [0.1, 0.15) is 19.3 Å². The Morgan fingerprint density at radius 2 is 2.26 bits per heavy atom. The number of hydrogen-bond donors (Lipinski definition) is 0. The van der Waals surface area contributed by atoms with Crippen molar-refractivity contribution in [3.8, 4) is 0 Å². The molecule has 1 amide bonds. The second-order valence-electron chi connectivity index (χ2n) is 4.51. The third kappa shape index (κ3) is 2.89. The molecule has 0 bridgehead atoms. The Bertz CT molecular complexity index is 545. The predicted octanol–water partition coefficient (Wildman–Crippen LogP) is 2.33. The summed E-state index contributed by atoms with van der Waals surface area (Å²) in [6.07, 6.45) is 6.17. The molecule has 19 heavy (non-hydrogen) atoms. The third-order valence-electron chi connectivity index (χ3n) is 3.17. The highest BCUT2D eigenvalue weighted by molar-refractivity contribution is 7.99. The van der Waals surface area contributed by atoms with E-state index in [2.05, 4.69) is 9.97 Å². The zero-order valence-electron chi connectivity index (χ0n) is 10.5. The van der Waals surface area contributed by atoms with E-state index in [9.17, 15) is 4.79 Å². The van der Waals surface area contributed by atoms with Gasteiger partial charge in [-0.05, 0) is 12.8 Å². The lowest BCUT2D eigenvalue weighted by atomic mass is 10.4. The molecule has 6 heteroatoms. The summed E-state index contributed by atoms with van der Waals surface area (Å²) in [5, 5.41) is 0.609. The van der Waals surface area contributed by atoms with Gasteiger partial charge in [0.1, 0.15) is 5.52 Å². The first-order valence-electron chi connectivity index (χ1n) is 6.44. The molecule has 5 nitrogen and oxygen atoms in total. The molecule has 3 rings (SSSR count). The van der Waals surface area contributed by atoms with Gasteiger partial charge in [-0.3, -0.25) is 9.78 Å². The van der Waals surface area contributed by atoms with E-state index in [4.69, 9.17) is 4.42 Å². The molecule has 0 atom stereocenters. The summed E-state index contributed by atoms with van der Waals surface area (Å²) >= 11 is 1.48. The average Bonchev–Trinajstić information content (AvgIpc) is 3.07. The number of pyridine rings is 1. The van der Waals surface area contributed by atoms with E-state index in [1.165, 1.54) is 11.8 Å². The van der Waals surface area contributed by atoms with Crippen LogP contribution in [0.4, 0.5) is 0 Å². The highest BCUT2D eigenvalue weighted by Crippen LogP contribution is 2.23. The molecule has 100 valence electrons. The standard InChI is InChI=1S/C13H15N3O2S/c17-12(16-6-1-2-7-16)4-8-19-13-15-10-9-14-5-3-11(10)18-13/h3,5,9H,1-2,4,6-8H2. The Morgan fingerprint density at radius 3 is 3.05 bits per heavy atom. The van der Waals surface area contributed by atoms with Gasteiger partial charge in [0.25, 0.3) is 5.22 Å². The van der Waals surface area contributed by atoms with Crippen molar-refractivity contribution < 1.29 is 9.21 Å². The molecule has 0 spiro atoms. The first kappa shape index (κ1) is 12.5. The molecule has 1 saturated heterocycles. The smallest absolute Gasteiger partial charge is 0.256 e. The van der Waals surface area contributed by atoms with Gasteiger partial charge in [0.15, 0.2) is 5.58 Å². The van der Waals surface area contributed by atoms with Crippen LogP contribution in [-0.2, 0) is 4.79 Å². The number of nitrogens with zero attached hydrogens (tertiary/aromatic N) is 3. The van der Waals surface area contributed by atoms with E-state index in [-0.39, 0.29) is 5.91 Å². The van der Waals surface area contributed by atoms with Gasteiger partial charge in [-0.25, -0.2) is 4.98 Å². The van der Waals surface area contributed by atoms with Crippen LogP contribution in [0.25, 0.3) is 11.1 Å². The highest BCUT2D eigenvalue weighted by atomic mass is 32.2. The van der Waals surface area contributed by atoms with Crippen LogP contribution in [0.2, 0.25) is 0 Å². The molecule has 1 aliphatic heterocycles. The fraction of sp³-hybridized carbons (Fsp3) is 0.462. The van der Waals surface area contributed by atoms with Crippen LogP contribution in [0, 0.1) is 0 Å². The summed E-state index contributed by atoms with van der Waals surface area (Å²) in [5.74, 6) is 0.943. The first-order valence-corrected chi connectivity index (χ1v) is 7.42. The van der Waals surface area contributed by atoms with Crippen molar-refractivity contribution in [3.63, 3.8) is 0 Å². The van der Waals surface area contributed by atoms with Crippen LogP contribution in [0.15, 0.2) is 28.1 Å². The SMILES string of the molecule is O=C(CCSc1nc2cnccc2o1)N1CCCC1. The molecule has 1 aliphatic rings. The molecule has 1 fully saturated rings. The fourth-order valence-electron chi connectivity index (χ4n) is 2.17. The summed E-state index contributed by atoms with van der Waals surface area (Å²) in [6, 6.07) is 1.79. The number of likely N-dealkylation sites (tertiary alicyclic amines) is 1. The second-order valence-corrected chi connectivity index (χ2v) is 5.56. The number of hydrogen-bond acceptors (Lipinski definition) is 5. The van der Waals surface area contributed by atoms with Crippen molar-refractivity contribution in [3.05, 3.63) is 18.5 Å². The molecule has 0 unspecified atom stereocenters. The number of carbonyl (C=O) groups excluding carboxylic acids is 1. The van der Waals surface area contributed by atoms with E-state index in [1.807, 2.05) is 4.90 Å². The Hall–Kier alpha value is -1.56. The van der Waals surface area contributed by atoms with Gasteiger partial charge < -0.3 is 9.32 Å². The van der Waals surface area contributed by atoms with E-state index < -0.39 is 0 Å². The molecule has 0 N–H and O–H groups in total. The topological polar surface area (TPSA) is 59.2 Å². The van der Waals surface area contributed by atoms with Crippen molar-refractivity contribution in [1.82, 2.24) is 14.9 Å². The van der Waals surface area contributed by atoms with Crippen LogP contribution >= 0.6 is 11.8 Å². The maximum absolute atomic E-state index is 11.9. The average molecular weight is 277 g/mol. The van der Waals surface area contributed by atoms with E-state index in [0.717, 1.165) is 37.0 Å². The molecule has 3 heterocycles. The van der Waals surface area contributed by atoms with Crippen molar-refractivity contribution in [2.24, 2.45) is 0 Å². The molecule has 0 saturated carbocycles. The van der Waals surface area contributed by atoms with Gasteiger partial charge in [0.05, 0.1) is 6.20 Å². The van der Waals surface area contributed by atoms with Gasteiger partial charge in [-0.15, -0.1) is 0 Å². The fourth-order valence-corrected chi connectivity index (χ4v) is 2.93. The lowest BCUT2D eigenvalue weighted by Gasteiger charge is -2.14. The Kier molecular flexibility index (Phi) is 3.68. The van der Waals surface area contributed by atoms with Gasteiger partial charge >= 0.3 is 0 Å². The number of carbonyl (C=O) groups is 1. The normalized spacial score (nSPS) is 15.3. The molecule has 0 aliphatic carbocycles. The zero-order valence-corrected chi connectivity index (χ0v) is 11.4. The summed E-state index contributed by atoms with van der Waals surface area (Å²) in [4.78, 5) is 22.1. The molecule has 2 aromatic rings. The summed E-state index contributed by atoms with van der Waals surface area (Å²) < 4.78 is 5.56. The third-order valence-corrected chi connectivity index (χ3v) is 4.00. The maximum Gasteiger partial charge on any atom is 0.256 e. The maximum atomic E-state index is 11.9. The summed E-state index contributed by atoms with van der Waals surface area (Å²) in [5.41, 5.74) is 1.50. The number of amides is 1. The van der Waals surface area contributed by atoms with Gasteiger partial charge in [-0.2, -0.15) is 0 Å². The number of thioether (sulfide) groups is 1. The lowest BCUT2D eigenvalue weighted by Crippen LogP contribution is -2.27. The number of oxazole rings is 1. The van der Waals surface area contributed by atoms with Gasteiger partial charge in [0, 0.05) is 37.5 Å². The Balaban J connectivity index is 1.53. The monoisotopic (exact) mass is 277 g/mol. The lowest BCUT2D eigenvalue weighted by molar-refractivity contribution is -0.129. The van der Waals surface area contributed by atoms with Crippen LogP contribution in [-0.4, -0.2) is 39.6 Å². The van der Waals surface area contributed by atoms with Crippen molar-refractivity contribution in [1.29, 1.82) is 0 Å². The molecular weight excluding hydrogens is 262 g/mol. The summed E-state index contributed by atoms with van der Waals surface area (Å²) in [7, 11) is 0. The number of aromatic nitrogens is 2. The Morgan fingerprint density at radius 1 is 1.42 bits per heavy atom. The minimum Gasteiger partial charge on any atom is -0.431 e. The van der Waals surface area contributed by atoms with Crippen molar-refractivity contribution in [2.45, 2.75) is 24.5 Å². The molecule has 2 aromatic heterocycles. The highest BCUT2D eigenvalue weighted by Gasteiger charge is 2.17. The van der Waals surface area contributed by atoms with E-state index in [0.29, 0.717) is 17.4 Å². The van der Waals surface area contributed by atoms with Crippen LogP contribution in [0.3, 0.4) is 0 Å². The quantitative estimate of drug-likeness (QED) is 0.803.